The second kappa shape index (κ2) is 4.81. The number of benzene rings is 1. The maximum atomic E-state index is 5.37. The standard InChI is InChI=1S/C15H21NO2/c1-17-13-7-12(8-14(9-13)18-2)15-10-16-5-3-11(15)4-6-16/h7-9,11,15H,3-6,10H2,1-2H3. The predicted molar refractivity (Wildman–Crippen MR) is 71.5 cm³/mol. The minimum Gasteiger partial charge on any atom is -0.497 e. The van der Waals surface area contributed by atoms with Crippen LogP contribution in [-0.4, -0.2) is 38.8 Å². The Bertz CT molecular complexity index is 402. The highest BCUT2D eigenvalue weighted by atomic mass is 16.5. The molecule has 0 radical (unpaired) electrons. The zero-order valence-corrected chi connectivity index (χ0v) is 11.2. The number of piperidine rings is 3. The summed E-state index contributed by atoms with van der Waals surface area (Å²) < 4.78 is 10.7. The van der Waals surface area contributed by atoms with Crippen LogP contribution in [0.15, 0.2) is 18.2 Å². The van der Waals surface area contributed by atoms with Crippen LogP contribution in [0.4, 0.5) is 0 Å². The molecule has 0 aromatic heterocycles. The van der Waals surface area contributed by atoms with Gasteiger partial charge in [-0.25, -0.2) is 0 Å². The van der Waals surface area contributed by atoms with Crippen molar-refractivity contribution < 1.29 is 9.47 Å². The smallest absolute Gasteiger partial charge is 0.122 e. The van der Waals surface area contributed by atoms with Crippen molar-refractivity contribution in [2.45, 2.75) is 18.8 Å². The Morgan fingerprint density at radius 3 is 2.06 bits per heavy atom. The molecule has 0 saturated carbocycles. The molecule has 0 amide bonds. The molecule has 1 atom stereocenters. The van der Waals surface area contributed by atoms with Crippen molar-refractivity contribution in [1.82, 2.24) is 4.90 Å². The summed E-state index contributed by atoms with van der Waals surface area (Å²) in [6, 6.07) is 6.30. The highest BCUT2D eigenvalue weighted by molar-refractivity contribution is 5.40. The number of hydrogen-bond acceptors (Lipinski definition) is 3. The molecule has 2 bridgehead atoms. The van der Waals surface area contributed by atoms with Crippen LogP contribution in [0.2, 0.25) is 0 Å². The molecule has 1 aromatic carbocycles. The SMILES string of the molecule is COc1cc(OC)cc(C2CN3CCC2CC3)c1. The van der Waals surface area contributed by atoms with Crippen molar-refractivity contribution in [2.24, 2.45) is 5.92 Å². The van der Waals surface area contributed by atoms with Gasteiger partial charge in [-0.3, -0.25) is 0 Å². The Balaban J connectivity index is 1.91. The molecule has 1 unspecified atom stereocenters. The van der Waals surface area contributed by atoms with Gasteiger partial charge in [-0.05, 0) is 55.5 Å². The average molecular weight is 247 g/mol. The third kappa shape index (κ3) is 2.07. The summed E-state index contributed by atoms with van der Waals surface area (Å²) >= 11 is 0. The first-order chi connectivity index (χ1) is 8.80. The molecule has 0 spiro atoms. The molecule has 18 heavy (non-hydrogen) atoms. The lowest BCUT2D eigenvalue weighted by atomic mass is 9.75. The van der Waals surface area contributed by atoms with E-state index < -0.39 is 0 Å². The zero-order valence-electron chi connectivity index (χ0n) is 11.2. The second-order valence-electron chi connectivity index (χ2n) is 5.39. The Labute approximate surface area is 109 Å². The van der Waals surface area contributed by atoms with Gasteiger partial charge in [0, 0.05) is 12.6 Å². The Kier molecular flexibility index (Phi) is 3.16. The van der Waals surface area contributed by atoms with Gasteiger partial charge in [-0.2, -0.15) is 0 Å². The number of nitrogens with zero attached hydrogens (tertiary/aromatic N) is 1. The van der Waals surface area contributed by atoms with E-state index in [1.165, 1.54) is 38.0 Å². The minimum absolute atomic E-state index is 0.650. The number of fused-ring (bicyclic) bond motifs is 3. The Morgan fingerprint density at radius 1 is 1.00 bits per heavy atom. The van der Waals surface area contributed by atoms with E-state index in [1.807, 2.05) is 6.07 Å². The minimum atomic E-state index is 0.650. The van der Waals surface area contributed by atoms with Crippen LogP contribution in [0, 0.1) is 5.92 Å². The van der Waals surface area contributed by atoms with Gasteiger partial charge in [0.05, 0.1) is 14.2 Å². The third-order valence-electron chi connectivity index (χ3n) is 4.46. The first-order valence-electron chi connectivity index (χ1n) is 6.75. The fraction of sp³-hybridized carbons (Fsp3) is 0.600. The second-order valence-corrected chi connectivity index (χ2v) is 5.39. The highest BCUT2D eigenvalue weighted by Gasteiger charge is 2.35. The molecular formula is C15H21NO2. The van der Waals surface area contributed by atoms with Gasteiger partial charge in [-0.1, -0.05) is 0 Å². The van der Waals surface area contributed by atoms with Gasteiger partial charge >= 0.3 is 0 Å². The molecule has 3 nitrogen and oxygen atoms in total. The van der Waals surface area contributed by atoms with Crippen LogP contribution in [0.1, 0.15) is 24.3 Å². The molecule has 0 N–H and O–H groups in total. The van der Waals surface area contributed by atoms with Crippen molar-refractivity contribution in [3.8, 4) is 11.5 Å². The van der Waals surface area contributed by atoms with Crippen molar-refractivity contribution in [2.75, 3.05) is 33.9 Å². The molecule has 4 rings (SSSR count). The van der Waals surface area contributed by atoms with Gasteiger partial charge in [0.15, 0.2) is 0 Å². The van der Waals surface area contributed by atoms with Gasteiger partial charge in [0.2, 0.25) is 0 Å². The monoisotopic (exact) mass is 247 g/mol. The summed E-state index contributed by atoms with van der Waals surface area (Å²) in [5.74, 6) is 3.30. The number of methoxy groups -OCH3 is 2. The van der Waals surface area contributed by atoms with Crippen LogP contribution < -0.4 is 9.47 Å². The van der Waals surface area contributed by atoms with Crippen LogP contribution in [0.25, 0.3) is 0 Å². The van der Waals surface area contributed by atoms with Crippen molar-refractivity contribution in [3.63, 3.8) is 0 Å². The molecule has 98 valence electrons. The van der Waals surface area contributed by atoms with E-state index in [0.29, 0.717) is 5.92 Å². The van der Waals surface area contributed by atoms with E-state index in [1.54, 1.807) is 14.2 Å². The molecular weight excluding hydrogens is 226 g/mol. The summed E-state index contributed by atoms with van der Waals surface area (Å²) in [6.45, 7) is 3.76. The van der Waals surface area contributed by atoms with Crippen LogP contribution in [-0.2, 0) is 0 Å². The maximum absolute atomic E-state index is 5.37. The Morgan fingerprint density at radius 2 is 1.61 bits per heavy atom. The molecule has 3 saturated heterocycles. The van der Waals surface area contributed by atoms with Crippen LogP contribution >= 0.6 is 0 Å². The molecule has 3 heterocycles. The van der Waals surface area contributed by atoms with Gasteiger partial charge in [0.1, 0.15) is 11.5 Å². The van der Waals surface area contributed by atoms with E-state index in [9.17, 15) is 0 Å². The first kappa shape index (κ1) is 11.8. The molecule has 1 aromatic rings. The highest BCUT2D eigenvalue weighted by Crippen LogP contribution is 2.40. The van der Waals surface area contributed by atoms with Gasteiger partial charge in [0.25, 0.3) is 0 Å². The molecule has 0 aliphatic carbocycles. The summed E-state index contributed by atoms with van der Waals surface area (Å²) in [6.07, 6.45) is 2.67. The van der Waals surface area contributed by atoms with Gasteiger partial charge in [-0.15, -0.1) is 0 Å². The fourth-order valence-electron chi connectivity index (χ4n) is 3.39. The third-order valence-corrected chi connectivity index (χ3v) is 4.46. The lowest BCUT2D eigenvalue weighted by Crippen LogP contribution is -2.46. The normalized spacial score (nSPS) is 30.2. The lowest BCUT2D eigenvalue weighted by Gasteiger charge is -2.45. The Hall–Kier alpha value is -1.22. The van der Waals surface area contributed by atoms with E-state index in [0.717, 1.165) is 17.4 Å². The topological polar surface area (TPSA) is 21.7 Å². The van der Waals surface area contributed by atoms with Crippen molar-refractivity contribution in [1.29, 1.82) is 0 Å². The quantitative estimate of drug-likeness (QED) is 0.819. The summed E-state index contributed by atoms with van der Waals surface area (Å²) in [7, 11) is 3.43. The zero-order chi connectivity index (χ0) is 12.5. The van der Waals surface area contributed by atoms with E-state index in [-0.39, 0.29) is 0 Å². The van der Waals surface area contributed by atoms with E-state index in [4.69, 9.17) is 9.47 Å². The number of rotatable bonds is 3. The largest absolute Gasteiger partial charge is 0.497 e. The molecule has 3 aliphatic heterocycles. The van der Waals surface area contributed by atoms with Crippen LogP contribution in [0.3, 0.4) is 0 Å². The summed E-state index contributed by atoms with van der Waals surface area (Å²) in [4.78, 5) is 2.58. The number of hydrogen-bond donors (Lipinski definition) is 0. The average Bonchev–Trinajstić information content (AvgIpc) is 2.47. The maximum Gasteiger partial charge on any atom is 0.122 e. The van der Waals surface area contributed by atoms with E-state index in [2.05, 4.69) is 17.0 Å². The van der Waals surface area contributed by atoms with Crippen LogP contribution in [0.5, 0.6) is 11.5 Å². The first-order valence-corrected chi connectivity index (χ1v) is 6.75. The molecule has 3 fully saturated rings. The fourth-order valence-corrected chi connectivity index (χ4v) is 3.39. The predicted octanol–water partition coefficient (Wildman–Crippen LogP) is 2.51. The summed E-state index contributed by atoms with van der Waals surface area (Å²) in [5.41, 5.74) is 1.38. The number of ether oxygens (including phenoxy) is 2. The van der Waals surface area contributed by atoms with Gasteiger partial charge < -0.3 is 14.4 Å². The lowest BCUT2D eigenvalue weighted by molar-refractivity contribution is 0.0869. The van der Waals surface area contributed by atoms with Crippen molar-refractivity contribution >= 4 is 0 Å². The summed E-state index contributed by atoms with van der Waals surface area (Å²) in [5, 5.41) is 0. The van der Waals surface area contributed by atoms with E-state index >= 15 is 0 Å². The molecule has 3 aliphatic rings. The van der Waals surface area contributed by atoms with Crippen molar-refractivity contribution in [3.05, 3.63) is 23.8 Å². The molecule has 3 heteroatoms.